The van der Waals surface area contributed by atoms with Gasteiger partial charge < -0.3 is 4.90 Å². The maximum Gasteiger partial charge on any atom is 0.0737 e. The quantitative estimate of drug-likeness (QED) is 0.670. The van der Waals surface area contributed by atoms with Crippen LogP contribution >= 0.6 is 0 Å². The molecule has 116 valence electrons. The molecule has 1 aromatic heterocycles. The molecule has 0 fully saturated rings. The topological polar surface area (TPSA) is 16.1 Å². The van der Waals surface area contributed by atoms with Crippen LogP contribution in [0.2, 0.25) is 0 Å². The lowest BCUT2D eigenvalue weighted by molar-refractivity contribution is 1.13. The Labute approximate surface area is 138 Å². The second-order valence-electron chi connectivity index (χ2n) is 6.15. The number of rotatable bonds is 3. The minimum Gasteiger partial charge on any atom is -0.378 e. The molecule has 0 spiro atoms. The Balaban J connectivity index is 2.00. The summed E-state index contributed by atoms with van der Waals surface area (Å²) in [5.41, 5.74) is 7.16. The highest BCUT2D eigenvalue weighted by Gasteiger charge is 2.05. The van der Waals surface area contributed by atoms with E-state index in [1.54, 1.807) is 0 Å². The van der Waals surface area contributed by atoms with Crippen molar-refractivity contribution in [1.29, 1.82) is 0 Å². The predicted octanol–water partition coefficient (Wildman–Crippen LogP) is 5.09. The molecular weight excluding hydrogens is 280 g/mol. The highest BCUT2D eigenvalue weighted by Crippen LogP contribution is 2.25. The third kappa shape index (κ3) is 3.11. The number of aryl methyl sites for hydroxylation is 2. The van der Waals surface area contributed by atoms with Gasteiger partial charge in [0.25, 0.3) is 0 Å². The van der Waals surface area contributed by atoms with Gasteiger partial charge in [-0.3, -0.25) is 4.98 Å². The van der Waals surface area contributed by atoms with Crippen LogP contribution in [0, 0.1) is 13.8 Å². The van der Waals surface area contributed by atoms with Gasteiger partial charge in [-0.25, -0.2) is 0 Å². The molecule has 0 saturated heterocycles. The summed E-state index contributed by atoms with van der Waals surface area (Å²) in [6.45, 7) is 4.22. The van der Waals surface area contributed by atoms with Gasteiger partial charge in [0.05, 0.1) is 5.52 Å². The second-order valence-corrected chi connectivity index (χ2v) is 6.15. The van der Waals surface area contributed by atoms with Crippen molar-refractivity contribution in [2.75, 3.05) is 19.0 Å². The fourth-order valence-electron chi connectivity index (χ4n) is 2.78. The second kappa shape index (κ2) is 6.25. The third-order valence-corrected chi connectivity index (χ3v) is 4.19. The Morgan fingerprint density at radius 3 is 2.30 bits per heavy atom. The smallest absolute Gasteiger partial charge is 0.0737 e. The zero-order valence-electron chi connectivity index (χ0n) is 14.2. The molecule has 2 nitrogen and oxygen atoms in total. The van der Waals surface area contributed by atoms with Gasteiger partial charge >= 0.3 is 0 Å². The van der Waals surface area contributed by atoms with Crippen LogP contribution in [0.15, 0.2) is 48.7 Å². The van der Waals surface area contributed by atoms with E-state index in [4.69, 9.17) is 0 Å². The number of fused-ring (bicyclic) bond motifs is 1. The number of hydrogen-bond acceptors (Lipinski definition) is 2. The molecule has 0 N–H and O–H groups in total. The van der Waals surface area contributed by atoms with Crippen molar-refractivity contribution in [3.8, 4) is 0 Å². The molecule has 0 aliphatic heterocycles. The van der Waals surface area contributed by atoms with Crippen LogP contribution in [0.5, 0.6) is 0 Å². The van der Waals surface area contributed by atoms with E-state index in [1.807, 2.05) is 6.20 Å². The summed E-state index contributed by atoms with van der Waals surface area (Å²) < 4.78 is 0. The number of aromatic nitrogens is 1. The van der Waals surface area contributed by atoms with E-state index in [0.29, 0.717) is 0 Å². The van der Waals surface area contributed by atoms with Crippen molar-refractivity contribution in [2.24, 2.45) is 0 Å². The number of anilines is 1. The Hall–Kier alpha value is -2.61. The monoisotopic (exact) mass is 302 g/mol. The fraction of sp³-hybridized carbons (Fsp3) is 0.190. The molecular formula is C21H22N2. The molecule has 1 heterocycles. The molecule has 2 aromatic carbocycles. The molecule has 0 aliphatic carbocycles. The number of benzene rings is 2. The minimum absolute atomic E-state index is 1.08. The summed E-state index contributed by atoms with van der Waals surface area (Å²) in [4.78, 5) is 6.70. The van der Waals surface area contributed by atoms with Crippen molar-refractivity contribution in [3.63, 3.8) is 0 Å². The van der Waals surface area contributed by atoms with E-state index in [0.717, 1.165) is 5.52 Å². The van der Waals surface area contributed by atoms with Crippen molar-refractivity contribution < 1.29 is 0 Å². The summed E-state index contributed by atoms with van der Waals surface area (Å²) in [6, 6.07) is 14.9. The molecule has 23 heavy (non-hydrogen) atoms. The summed E-state index contributed by atoms with van der Waals surface area (Å²) >= 11 is 0. The highest BCUT2D eigenvalue weighted by molar-refractivity contribution is 5.93. The molecule has 3 rings (SSSR count). The lowest BCUT2D eigenvalue weighted by Gasteiger charge is -2.12. The number of pyridine rings is 1. The van der Waals surface area contributed by atoms with E-state index in [-0.39, 0.29) is 0 Å². The zero-order valence-corrected chi connectivity index (χ0v) is 14.2. The Morgan fingerprint density at radius 1 is 0.870 bits per heavy atom. The van der Waals surface area contributed by atoms with Gasteiger partial charge in [0.15, 0.2) is 0 Å². The molecule has 2 heteroatoms. The van der Waals surface area contributed by atoms with Crippen LogP contribution in [0.1, 0.15) is 22.3 Å². The number of hydrogen-bond donors (Lipinski definition) is 0. The summed E-state index contributed by atoms with van der Waals surface area (Å²) in [5, 5.41) is 1.21. The van der Waals surface area contributed by atoms with E-state index in [9.17, 15) is 0 Å². The first-order chi connectivity index (χ1) is 11.1. The zero-order chi connectivity index (χ0) is 16.4. The standard InChI is InChI=1S/C21H22N2/c1-15-6-5-7-20-19(16(2)14-22-21(15)20)13-10-17-8-11-18(12-9-17)23(3)4/h5-14H,1-4H3/b13-10-. The first-order valence-corrected chi connectivity index (χ1v) is 7.86. The van der Waals surface area contributed by atoms with Crippen molar-refractivity contribution in [1.82, 2.24) is 4.98 Å². The van der Waals surface area contributed by atoms with Crippen LogP contribution in [0.25, 0.3) is 23.1 Å². The first kappa shape index (κ1) is 15.3. The third-order valence-electron chi connectivity index (χ3n) is 4.19. The van der Waals surface area contributed by atoms with Crippen LogP contribution in [-0.2, 0) is 0 Å². The Morgan fingerprint density at radius 2 is 1.61 bits per heavy atom. The van der Waals surface area contributed by atoms with Gasteiger partial charge in [-0.1, -0.05) is 42.5 Å². The lowest BCUT2D eigenvalue weighted by atomic mass is 10.0. The minimum atomic E-state index is 1.08. The van der Waals surface area contributed by atoms with E-state index in [2.05, 4.69) is 92.4 Å². The van der Waals surface area contributed by atoms with Crippen molar-refractivity contribution in [3.05, 3.63) is 70.9 Å². The predicted molar refractivity (Wildman–Crippen MR) is 101 cm³/mol. The highest BCUT2D eigenvalue weighted by atomic mass is 15.1. The largest absolute Gasteiger partial charge is 0.378 e. The van der Waals surface area contributed by atoms with Crippen molar-refractivity contribution >= 4 is 28.7 Å². The van der Waals surface area contributed by atoms with Gasteiger partial charge in [0.2, 0.25) is 0 Å². The summed E-state index contributed by atoms with van der Waals surface area (Å²) in [6.07, 6.45) is 6.33. The lowest BCUT2D eigenvalue weighted by Crippen LogP contribution is -2.07. The Bertz CT molecular complexity index is 859. The molecule has 0 radical (unpaired) electrons. The molecule has 0 amide bonds. The van der Waals surface area contributed by atoms with Crippen LogP contribution in [-0.4, -0.2) is 19.1 Å². The van der Waals surface area contributed by atoms with E-state index in [1.165, 1.54) is 33.3 Å². The normalized spacial score (nSPS) is 11.3. The fourth-order valence-corrected chi connectivity index (χ4v) is 2.78. The number of nitrogens with zero attached hydrogens (tertiary/aromatic N) is 2. The van der Waals surface area contributed by atoms with E-state index >= 15 is 0 Å². The molecule has 3 aromatic rings. The maximum atomic E-state index is 4.59. The molecule has 0 unspecified atom stereocenters. The maximum absolute atomic E-state index is 4.59. The van der Waals surface area contributed by atoms with Crippen LogP contribution in [0.4, 0.5) is 5.69 Å². The first-order valence-electron chi connectivity index (χ1n) is 7.86. The average molecular weight is 302 g/mol. The molecule has 0 saturated carbocycles. The van der Waals surface area contributed by atoms with Gasteiger partial charge in [0.1, 0.15) is 0 Å². The SMILES string of the molecule is Cc1cnc2c(C)cccc2c1/C=C\c1ccc(N(C)C)cc1. The summed E-state index contributed by atoms with van der Waals surface area (Å²) in [7, 11) is 4.11. The molecule has 0 aliphatic rings. The average Bonchev–Trinajstić information content (AvgIpc) is 2.54. The van der Waals surface area contributed by atoms with Gasteiger partial charge in [-0.05, 0) is 48.2 Å². The van der Waals surface area contributed by atoms with E-state index < -0.39 is 0 Å². The van der Waals surface area contributed by atoms with Crippen LogP contribution < -0.4 is 4.90 Å². The molecule has 0 bridgehead atoms. The summed E-state index contributed by atoms with van der Waals surface area (Å²) in [5.74, 6) is 0. The van der Waals surface area contributed by atoms with Crippen molar-refractivity contribution in [2.45, 2.75) is 13.8 Å². The number of para-hydroxylation sites is 1. The molecule has 0 atom stereocenters. The van der Waals surface area contributed by atoms with Crippen LogP contribution in [0.3, 0.4) is 0 Å². The van der Waals surface area contributed by atoms with Gasteiger partial charge in [-0.2, -0.15) is 0 Å². The van der Waals surface area contributed by atoms with Gasteiger partial charge in [-0.15, -0.1) is 0 Å². The Kier molecular flexibility index (Phi) is 4.16. The van der Waals surface area contributed by atoms with Gasteiger partial charge in [0, 0.05) is 31.4 Å².